The molecule has 1 aliphatic rings. The first kappa shape index (κ1) is 12.1. The summed E-state index contributed by atoms with van der Waals surface area (Å²) in [4.78, 5) is 3.62. The molecule has 0 saturated carbocycles. The van der Waals surface area contributed by atoms with Gasteiger partial charge in [0, 0.05) is 17.3 Å². The molecule has 4 nitrogen and oxygen atoms in total. The molecule has 1 aromatic heterocycles. The molecule has 0 radical (unpaired) electrons. The van der Waals surface area contributed by atoms with E-state index in [-0.39, 0.29) is 5.56 Å². The van der Waals surface area contributed by atoms with Crippen LogP contribution in [0.3, 0.4) is 0 Å². The summed E-state index contributed by atoms with van der Waals surface area (Å²) < 4.78 is 24.6. The predicted molar refractivity (Wildman–Crippen MR) is 67.7 cm³/mol. The zero-order valence-corrected chi connectivity index (χ0v) is 10.2. The molecule has 3 rings (SSSR count). The van der Waals surface area contributed by atoms with E-state index in [4.69, 9.17) is 9.39 Å². The normalized spacial score (nSPS) is 17.4. The highest BCUT2D eigenvalue weighted by molar-refractivity contribution is 6.61. The zero-order valence-electron chi connectivity index (χ0n) is 10.2. The number of ether oxygens (including phenoxy) is 1. The molecule has 1 aliphatic heterocycles. The number of nitrogens with zero attached hydrogens (tertiary/aromatic N) is 1. The van der Waals surface area contributed by atoms with Crippen LogP contribution in [0.2, 0.25) is 0 Å². The van der Waals surface area contributed by atoms with Gasteiger partial charge in [-0.15, -0.1) is 0 Å². The van der Waals surface area contributed by atoms with Crippen LogP contribution in [0.1, 0.15) is 17.2 Å². The number of halogens is 1. The number of fused-ring (bicyclic) bond motifs is 1. The second-order valence-electron chi connectivity index (χ2n) is 4.22. The topological polar surface area (TPSA) is 51.6 Å². The van der Waals surface area contributed by atoms with Crippen LogP contribution in [-0.4, -0.2) is 24.2 Å². The molecule has 0 spiro atoms. The first-order valence-electron chi connectivity index (χ1n) is 5.83. The third-order valence-electron chi connectivity index (χ3n) is 3.19. The Labute approximate surface area is 110 Å². The van der Waals surface area contributed by atoms with Crippen LogP contribution in [0, 0.1) is 5.95 Å². The number of para-hydroxylation sites is 1. The number of aromatic nitrogens is 1. The molecule has 2 heterocycles. The summed E-state index contributed by atoms with van der Waals surface area (Å²) in [5.41, 5.74) is 1.33. The van der Waals surface area contributed by atoms with Crippen molar-refractivity contribution in [2.75, 3.05) is 7.11 Å². The Morgan fingerprint density at radius 1 is 1.37 bits per heavy atom. The number of rotatable bonds is 2. The number of hydrogen-bond acceptors (Lipinski definition) is 4. The highest BCUT2D eigenvalue weighted by atomic mass is 19.1. The molecule has 6 heteroatoms. The van der Waals surface area contributed by atoms with Crippen LogP contribution in [0.5, 0.6) is 5.75 Å². The van der Waals surface area contributed by atoms with Gasteiger partial charge in [0.2, 0.25) is 5.95 Å². The quantitative estimate of drug-likeness (QED) is 0.646. The molecular formula is C13H11BFNO3. The second kappa shape index (κ2) is 4.64. The van der Waals surface area contributed by atoms with Gasteiger partial charge in [-0.1, -0.05) is 18.2 Å². The van der Waals surface area contributed by atoms with E-state index in [1.54, 1.807) is 24.3 Å². The maximum atomic E-state index is 13.9. The fourth-order valence-corrected chi connectivity index (χ4v) is 2.32. The van der Waals surface area contributed by atoms with Crippen LogP contribution in [0.25, 0.3) is 0 Å². The standard InChI is InChI=1S/C13H11BFNO3/c1-18-10-5-3-2-4-8(10)12-11-9(14(17)19-12)6-7-16-13(11)15/h2-7,12,17H,1H3. The average Bonchev–Trinajstić information content (AvgIpc) is 2.78. The SMILES string of the molecule is COc1ccccc1C1OB(O)c2ccnc(F)c21. The van der Waals surface area contributed by atoms with E-state index in [1.165, 1.54) is 13.3 Å². The summed E-state index contributed by atoms with van der Waals surface area (Å²) in [5.74, 6) is -0.0549. The van der Waals surface area contributed by atoms with Crippen molar-refractivity contribution < 1.29 is 18.8 Å². The number of methoxy groups -OCH3 is 1. The van der Waals surface area contributed by atoms with Crippen molar-refractivity contribution in [3.05, 3.63) is 53.6 Å². The highest BCUT2D eigenvalue weighted by Gasteiger charge is 2.39. The Hall–Kier alpha value is -1.92. The van der Waals surface area contributed by atoms with Crippen molar-refractivity contribution in [1.29, 1.82) is 0 Å². The molecule has 19 heavy (non-hydrogen) atoms. The van der Waals surface area contributed by atoms with Crippen molar-refractivity contribution in [1.82, 2.24) is 4.98 Å². The Kier molecular flexibility index (Phi) is 2.96. The lowest BCUT2D eigenvalue weighted by atomic mass is 9.80. The first-order chi connectivity index (χ1) is 9.22. The smallest absolute Gasteiger partial charge is 0.492 e. The maximum absolute atomic E-state index is 13.9. The summed E-state index contributed by atoms with van der Waals surface area (Å²) in [6.45, 7) is 0. The Morgan fingerprint density at radius 2 is 2.16 bits per heavy atom. The van der Waals surface area contributed by atoms with E-state index in [2.05, 4.69) is 4.98 Å². The minimum absolute atomic E-state index is 0.263. The molecule has 0 bridgehead atoms. The molecule has 0 aliphatic carbocycles. The van der Waals surface area contributed by atoms with E-state index < -0.39 is 19.2 Å². The Bertz CT molecular complexity index is 623. The molecule has 1 N–H and O–H groups in total. The molecule has 0 saturated heterocycles. The predicted octanol–water partition coefficient (Wildman–Crippen LogP) is 1.04. The van der Waals surface area contributed by atoms with Gasteiger partial charge < -0.3 is 14.4 Å². The summed E-state index contributed by atoms with van der Waals surface area (Å²) >= 11 is 0. The number of hydrogen-bond donors (Lipinski definition) is 1. The fourth-order valence-electron chi connectivity index (χ4n) is 2.32. The summed E-state index contributed by atoms with van der Waals surface area (Å²) in [6, 6.07) is 8.71. The van der Waals surface area contributed by atoms with Gasteiger partial charge >= 0.3 is 7.12 Å². The van der Waals surface area contributed by atoms with Crippen molar-refractivity contribution in [3.63, 3.8) is 0 Å². The molecule has 0 amide bonds. The van der Waals surface area contributed by atoms with Crippen molar-refractivity contribution in [2.24, 2.45) is 0 Å². The van der Waals surface area contributed by atoms with Crippen LogP contribution in [0.15, 0.2) is 36.5 Å². The monoisotopic (exact) mass is 259 g/mol. The van der Waals surface area contributed by atoms with E-state index >= 15 is 0 Å². The molecule has 1 atom stereocenters. The van der Waals surface area contributed by atoms with E-state index in [0.717, 1.165) is 0 Å². The average molecular weight is 259 g/mol. The third kappa shape index (κ3) is 1.89. The van der Waals surface area contributed by atoms with Gasteiger partial charge in [-0.3, -0.25) is 0 Å². The number of benzene rings is 1. The molecule has 1 unspecified atom stereocenters. The summed E-state index contributed by atoms with van der Waals surface area (Å²) in [5, 5.41) is 9.84. The second-order valence-corrected chi connectivity index (χ2v) is 4.22. The Balaban J connectivity index is 2.15. The zero-order chi connectivity index (χ0) is 13.4. The maximum Gasteiger partial charge on any atom is 0.492 e. The van der Waals surface area contributed by atoms with Crippen LogP contribution >= 0.6 is 0 Å². The molecule has 96 valence electrons. The number of pyridine rings is 1. The fraction of sp³-hybridized carbons (Fsp3) is 0.154. The van der Waals surface area contributed by atoms with Crippen molar-refractivity contribution >= 4 is 12.6 Å². The third-order valence-corrected chi connectivity index (χ3v) is 3.19. The van der Waals surface area contributed by atoms with Gasteiger partial charge in [0.05, 0.1) is 7.11 Å². The Morgan fingerprint density at radius 3 is 2.95 bits per heavy atom. The lowest BCUT2D eigenvalue weighted by Crippen LogP contribution is -2.28. The summed E-state index contributed by atoms with van der Waals surface area (Å²) in [6.07, 6.45) is 0.598. The largest absolute Gasteiger partial charge is 0.496 e. The van der Waals surface area contributed by atoms with Crippen molar-refractivity contribution in [2.45, 2.75) is 6.10 Å². The molecule has 0 fully saturated rings. The molecular weight excluding hydrogens is 248 g/mol. The van der Waals surface area contributed by atoms with E-state index in [1.807, 2.05) is 6.07 Å². The lowest BCUT2D eigenvalue weighted by Gasteiger charge is -2.16. The van der Waals surface area contributed by atoms with Gasteiger partial charge in [-0.2, -0.15) is 4.39 Å². The summed E-state index contributed by atoms with van der Waals surface area (Å²) in [7, 11) is 0.382. The first-order valence-corrected chi connectivity index (χ1v) is 5.83. The van der Waals surface area contributed by atoms with Crippen molar-refractivity contribution in [3.8, 4) is 5.75 Å². The minimum Gasteiger partial charge on any atom is -0.496 e. The molecule has 1 aromatic carbocycles. The van der Waals surface area contributed by atoms with E-state index in [9.17, 15) is 9.41 Å². The van der Waals surface area contributed by atoms with Crippen LogP contribution < -0.4 is 10.2 Å². The van der Waals surface area contributed by atoms with Gasteiger partial charge in [-0.25, -0.2) is 4.98 Å². The van der Waals surface area contributed by atoms with Crippen LogP contribution in [0.4, 0.5) is 4.39 Å². The van der Waals surface area contributed by atoms with Crippen LogP contribution in [-0.2, 0) is 4.65 Å². The van der Waals surface area contributed by atoms with Gasteiger partial charge in [0.1, 0.15) is 11.9 Å². The lowest BCUT2D eigenvalue weighted by molar-refractivity contribution is 0.217. The minimum atomic E-state index is -1.15. The van der Waals surface area contributed by atoms with E-state index in [0.29, 0.717) is 16.8 Å². The van der Waals surface area contributed by atoms with Gasteiger partial charge in [0.15, 0.2) is 0 Å². The highest BCUT2D eigenvalue weighted by Crippen LogP contribution is 2.36. The van der Waals surface area contributed by atoms with Gasteiger partial charge in [-0.05, 0) is 17.6 Å². The molecule has 2 aromatic rings. The van der Waals surface area contributed by atoms with Gasteiger partial charge in [0.25, 0.3) is 0 Å².